The molecule has 0 bridgehead atoms. The van der Waals surface area contributed by atoms with Crippen molar-refractivity contribution < 1.29 is 14.3 Å². The molecule has 3 rings (SSSR count). The van der Waals surface area contributed by atoms with Gasteiger partial charge >= 0.3 is 0 Å². The molecule has 5 nitrogen and oxygen atoms in total. The van der Waals surface area contributed by atoms with Gasteiger partial charge in [-0.2, -0.15) is 0 Å². The number of carbonyl (C=O) groups excluding carboxylic acids is 1. The summed E-state index contributed by atoms with van der Waals surface area (Å²) in [7, 11) is 0. The van der Waals surface area contributed by atoms with E-state index in [0.717, 1.165) is 31.6 Å². The Morgan fingerprint density at radius 1 is 1.24 bits per heavy atom. The van der Waals surface area contributed by atoms with Crippen molar-refractivity contribution in [3.05, 3.63) is 47.3 Å². The van der Waals surface area contributed by atoms with Crippen LogP contribution in [0.4, 0.5) is 10.1 Å². The van der Waals surface area contributed by atoms with Crippen LogP contribution in [0.15, 0.2) is 24.3 Å². The highest BCUT2D eigenvalue weighted by Crippen LogP contribution is 2.36. The fourth-order valence-electron chi connectivity index (χ4n) is 3.29. The molecule has 2 heterocycles. The van der Waals surface area contributed by atoms with Crippen molar-refractivity contribution in [1.29, 1.82) is 0 Å². The fraction of sp³-hybridized carbons (Fsp3) is 0.421. The Labute approximate surface area is 146 Å². The molecule has 25 heavy (non-hydrogen) atoms. The summed E-state index contributed by atoms with van der Waals surface area (Å²) in [6, 6.07) is 6.56. The summed E-state index contributed by atoms with van der Waals surface area (Å²) in [6.07, 6.45) is 4.18. The summed E-state index contributed by atoms with van der Waals surface area (Å²) in [5, 5.41) is 9.75. The van der Waals surface area contributed by atoms with Gasteiger partial charge < -0.3 is 10.0 Å². The van der Waals surface area contributed by atoms with Gasteiger partial charge in [0.2, 0.25) is 0 Å². The van der Waals surface area contributed by atoms with Crippen molar-refractivity contribution in [1.82, 2.24) is 9.97 Å². The molecule has 6 heteroatoms. The van der Waals surface area contributed by atoms with Gasteiger partial charge in [-0.3, -0.25) is 4.79 Å². The molecule has 0 aliphatic carbocycles. The second-order valence-corrected chi connectivity index (χ2v) is 6.98. The van der Waals surface area contributed by atoms with E-state index in [1.807, 2.05) is 0 Å². The number of aromatic hydroxyl groups is 1. The lowest BCUT2D eigenvalue weighted by Crippen LogP contribution is -2.40. The third-order valence-electron chi connectivity index (χ3n) is 4.95. The summed E-state index contributed by atoms with van der Waals surface area (Å²) in [5.74, 6) is 0.134. The van der Waals surface area contributed by atoms with Crippen LogP contribution in [0, 0.1) is 18.2 Å². The molecule has 1 saturated heterocycles. The molecule has 1 radical (unpaired) electrons. The minimum Gasteiger partial charge on any atom is -0.504 e. The monoisotopic (exact) mass is 342 g/mol. The minimum absolute atomic E-state index is 0.0140. The van der Waals surface area contributed by atoms with Crippen LogP contribution in [-0.4, -0.2) is 34.5 Å². The molecule has 0 spiro atoms. The number of halogens is 1. The second-order valence-electron chi connectivity index (χ2n) is 6.98. The Kier molecular flexibility index (Phi) is 4.70. The molecule has 0 atom stereocenters. The molecule has 1 aromatic carbocycles. The lowest BCUT2D eigenvalue weighted by atomic mass is 9.77. The van der Waals surface area contributed by atoms with Crippen molar-refractivity contribution in [3.8, 4) is 5.75 Å². The van der Waals surface area contributed by atoms with Crippen LogP contribution in [0.1, 0.15) is 37.0 Å². The van der Waals surface area contributed by atoms with Crippen LogP contribution < -0.4 is 4.90 Å². The number of piperidine rings is 1. The summed E-state index contributed by atoms with van der Waals surface area (Å²) >= 11 is 0. The maximum Gasteiger partial charge on any atom is 0.257 e. The zero-order chi connectivity index (χ0) is 18.0. The Bertz CT molecular complexity index is 769. The van der Waals surface area contributed by atoms with Gasteiger partial charge in [0, 0.05) is 25.2 Å². The van der Waals surface area contributed by atoms with Crippen LogP contribution in [0.25, 0.3) is 0 Å². The van der Waals surface area contributed by atoms with E-state index < -0.39 is 0 Å². The van der Waals surface area contributed by atoms with Crippen LogP contribution in [-0.2, 0) is 11.2 Å². The average Bonchev–Trinajstić information content (AvgIpc) is 2.59. The quantitative estimate of drug-likeness (QED) is 0.925. The van der Waals surface area contributed by atoms with E-state index >= 15 is 0 Å². The Hall–Kier alpha value is -2.50. The third kappa shape index (κ3) is 3.78. The van der Waals surface area contributed by atoms with Gasteiger partial charge in [0.15, 0.2) is 11.4 Å². The predicted molar refractivity (Wildman–Crippen MR) is 92.9 cm³/mol. The van der Waals surface area contributed by atoms with Crippen molar-refractivity contribution in [2.75, 3.05) is 18.0 Å². The van der Waals surface area contributed by atoms with Gasteiger partial charge in [0.05, 0.1) is 5.69 Å². The highest BCUT2D eigenvalue weighted by Gasteiger charge is 2.31. The molecule has 1 aliphatic rings. The number of aryl methyl sites for hydroxylation is 1. The number of anilines is 1. The lowest BCUT2D eigenvalue weighted by Gasteiger charge is -2.40. The molecule has 1 fully saturated rings. The number of rotatable bonds is 4. The first-order chi connectivity index (χ1) is 11.9. The molecule has 131 valence electrons. The van der Waals surface area contributed by atoms with Crippen molar-refractivity contribution >= 4 is 12.0 Å². The summed E-state index contributed by atoms with van der Waals surface area (Å²) in [6.45, 7) is 5.57. The molecule has 0 amide bonds. The largest absolute Gasteiger partial charge is 0.504 e. The minimum atomic E-state index is -0.228. The number of hydrogen-bond acceptors (Lipinski definition) is 5. The first kappa shape index (κ1) is 17.3. The lowest BCUT2D eigenvalue weighted by molar-refractivity contribution is 0.241. The predicted octanol–water partition coefficient (Wildman–Crippen LogP) is 2.94. The summed E-state index contributed by atoms with van der Waals surface area (Å²) in [4.78, 5) is 21.6. The highest BCUT2D eigenvalue weighted by molar-refractivity contribution is 5.76. The Morgan fingerprint density at radius 3 is 2.48 bits per heavy atom. The highest BCUT2D eigenvalue weighted by atomic mass is 19.1. The second kappa shape index (κ2) is 6.78. The Morgan fingerprint density at radius 2 is 1.88 bits per heavy atom. The molecule has 0 saturated carbocycles. The number of aromatic nitrogens is 2. The zero-order valence-corrected chi connectivity index (χ0v) is 14.4. The van der Waals surface area contributed by atoms with E-state index in [9.17, 15) is 14.3 Å². The van der Waals surface area contributed by atoms with Crippen molar-refractivity contribution in [2.24, 2.45) is 5.41 Å². The smallest absolute Gasteiger partial charge is 0.257 e. The van der Waals surface area contributed by atoms with Crippen LogP contribution in [0.2, 0.25) is 0 Å². The Balaban J connectivity index is 1.69. The van der Waals surface area contributed by atoms with Gasteiger partial charge in [-0.15, -0.1) is 0 Å². The normalized spacial score (nSPS) is 16.7. The molecule has 1 N–H and O–H groups in total. The standard InChI is InChI=1S/C19H21FN3O2/c1-13-18(25)16(12-24)22-17(21-13)11-19(2)7-9-23(10-8-19)15-5-3-14(20)4-6-15/h3-6,25H,7-11H2,1-2H3. The number of nitrogens with zero attached hydrogens (tertiary/aromatic N) is 3. The first-order valence-electron chi connectivity index (χ1n) is 8.35. The van der Waals surface area contributed by atoms with Crippen LogP contribution in [0.3, 0.4) is 0 Å². The molecular formula is C19H21FN3O2. The van der Waals surface area contributed by atoms with Gasteiger partial charge in [-0.05, 0) is 49.4 Å². The van der Waals surface area contributed by atoms with Crippen LogP contribution >= 0.6 is 0 Å². The van der Waals surface area contributed by atoms with Crippen molar-refractivity contribution in [2.45, 2.75) is 33.1 Å². The van der Waals surface area contributed by atoms with E-state index in [0.29, 0.717) is 17.9 Å². The van der Waals surface area contributed by atoms with E-state index in [-0.39, 0.29) is 22.7 Å². The summed E-state index contributed by atoms with van der Waals surface area (Å²) in [5.41, 5.74) is 1.36. The SMILES string of the molecule is Cc1nc(CC2(C)CCN(c3ccc(F)cc3)CC2)nc([C]=O)c1O. The maximum atomic E-state index is 13.1. The number of hydrogen-bond donors (Lipinski definition) is 1. The van der Waals surface area contributed by atoms with E-state index in [2.05, 4.69) is 21.8 Å². The zero-order valence-electron chi connectivity index (χ0n) is 14.4. The maximum absolute atomic E-state index is 13.1. The van der Waals surface area contributed by atoms with E-state index in [1.54, 1.807) is 25.3 Å². The molecule has 1 aromatic heterocycles. The molecule has 2 aromatic rings. The molecule has 0 unspecified atom stereocenters. The summed E-state index contributed by atoms with van der Waals surface area (Å²) < 4.78 is 13.1. The van der Waals surface area contributed by atoms with E-state index in [4.69, 9.17) is 0 Å². The van der Waals surface area contributed by atoms with Gasteiger partial charge in [-0.1, -0.05) is 6.92 Å². The third-order valence-corrected chi connectivity index (χ3v) is 4.95. The van der Waals surface area contributed by atoms with Gasteiger partial charge in [0.25, 0.3) is 6.29 Å². The van der Waals surface area contributed by atoms with Gasteiger partial charge in [-0.25, -0.2) is 14.4 Å². The van der Waals surface area contributed by atoms with Crippen molar-refractivity contribution in [3.63, 3.8) is 0 Å². The fourth-order valence-corrected chi connectivity index (χ4v) is 3.29. The first-order valence-corrected chi connectivity index (χ1v) is 8.35. The van der Waals surface area contributed by atoms with E-state index in [1.165, 1.54) is 12.1 Å². The topological polar surface area (TPSA) is 66.3 Å². The van der Waals surface area contributed by atoms with Crippen LogP contribution in [0.5, 0.6) is 5.75 Å². The molecular weight excluding hydrogens is 321 g/mol. The number of benzene rings is 1. The average molecular weight is 342 g/mol. The molecule has 1 aliphatic heterocycles. The van der Waals surface area contributed by atoms with Gasteiger partial charge in [0.1, 0.15) is 11.6 Å².